The Morgan fingerprint density at radius 3 is 1.91 bits per heavy atom. The lowest BCUT2D eigenvalue weighted by Gasteiger charge is -2.34. The van der Waals surface area contributed by atoms with Gasteiger partial charge in [-0.1, -0.05) is 0 Å². The van der Waals surface area contributed by atoms with E-state index in [9.17, 15) is 5.21 Å². The quantitative estimate of drug-likeness (QED) is 0.550. The van der Waals surface area contributed by atoms with E-state index in [2.05, 4.69) is 12.6 Å². The Morgan fingerprint density at radius 2 is 1.82 bits per heavy atom. The minimum atomic E-state index is -0.202. The average Bonchev–Trinajstić information content (AvgIpc) is 1.94. The Bertz CT molecular complexity index is 167. The molecule has 0 amide bonds. The molecule has 0 aromatic rings. The van der Waals surface area contributed by atoms with Crippen molar-refractivity contribution in [3.05, 3.63) is 0 Å². The van der Waals surface area contributed by atoms with Crippen LogP contribution in [-0.4, -0.2) is 26.6 Å². The first-order chi connectivity index (χ1) is 4.78. The summed E-state index contributed by atoms with van der Waals surface area (Å²) in [5.41, 5.74) is -0.331. The SMILES string of the molecule is CC1(C)CC(S)C(C)(C)N1O. The molecule has 0 bridgehead atoms. The third kappa shape index (κ3) is 1.30. The van der Waals surface area contributed by atoms with Crippen molar-refractivity contribution in [1.29, 1.82) is 0 Å². The van der Waals surface area contributed by atoms with Crippen LogP contribution in [0.3, 0.4) is 0 Å². The minimum Gasteiger partial charge on any atom is -0.313 e. The van der Waals surface area contributed by atoms with Crippen molar-refractivity contribution in [3.63, 3.8) is 0 Å². The molecule has 0 aromatic carbocycles. The van der Waals surface area contributed by atoms with Crippen LogP contribution in [0.25, 0.3) is 0 Å². The Balaban J connectivity index is 2.89. The maximum absolute atomic E-state index is 9.74. The molecular weight excluding hydrogens is 158 g/mol. The molecule has 0 radical (unpaired) electrons. The van der Waals surface area contributed by atoms with Crippen molar-refractivity contribution in [2.75, 3.05) is 0 Å². The van der Waals surface area contributed by atoms with E-state index in [4.69, 9.17) is 0 Å². The fourth-order valence-electron chi connectivity index (χ4n) is 1.73. The maximum atomic E-state index is 9.74. The summed E-state index contributed by atoms with van der Waals surface area (Å²) in [4.78, 5) is 0. The average molecular weight is 175 g/mol. The fourth-order valence-corrected chi connectivity index (χ4v) is 2.29. The summed E-state index contributed by atoms with van der Waals surface area (Å²) in [6, 6.07) is 0. The Morgan fingerprint density at radius 1 is 1.36 bits per heavy atom. The second kappa shape index (κ2) is 2.38. The molecule has 1 aliphatic rings. The van der Waals surface area contributed by atoms with E-state index >= 15 is 0 Å². The van der Waals surface area contributed by atoms with Crippen molar-refractivity contribution in [2.45, 2.75) is 50.4 Å². The van der Waals surface area contributed by atoms with Gasteiger partial charge in [-0.2, -0.15) is 17.7 Å². The number of hydrogen-bond acceptors (Lipinski definition) is 3. The molecule has 0 saturated carbocycles. The normalized spacial score (nSPS) is 36.0. The van der Waals surface area contributed by atoms with Crippen molar-refractivity contribution < 1.29 is 5.21 Å². The van der Waals surface area contributed by atoms with Crippen LogP contribution in [0.2, 0.25) is 0 Å². The molecule has 0 aromatic heterocycles. The van der Waals surface area contributed by atoms with Gasteiger partial charge >= 0.3 is 0 Å². The first-order valence-corrected chi connectivity index (χ1v) is 4.47. The van der Waals surface area contributed by atoms with E-state index in [-0.39, 0.29) is 16.3 Å². The van der Waals surface area contributed by atoms with Gasteiger partial charge < -0.3 is 5.21 Å². The van der Waals surface area contributed by atoms with Gasteiger partial charge in [-0.3, -0.25) is 0 Å². The van der Waals surface area contributed by atoms with Gasteiger partial charge in [0.15, 0.2) is 0 Å². The zero-order valence-electron chi connectivity index (χ0n) is 7.63. The highest BCUT2D eigenvalue weighted by Gasteiger charge is 2.49. The van der Waals surface area contributed by atoms with E-state index in [1.807, 2.05) is 27.7 Å². The molecule has 1 rings (SSSR count). The number of rotatable bonds is 0. The molecule has 66 valence electrons. The topological polar surface area (TPSA) is 23.5 Å². The van der Waals surface area contributed by atoms with Gasteiger partial charge in [0.25, 0.3) is 0 Å². The van der Waals surface area contributed by atoms with Gasteiger partial charge in [-0.05, 0) is 34.1 Å². The third-order valence-electron chi connectivity index (χ3n) is 2.63. The van der Waals surface area contributed by atoms with E-state index in [0.717, 1.165) is 6.42 Å². The maximum Gasteiger partial charge on any atom is 0.0526 e. The summed E-state index contributed by atoms with van der Waals surface area (Å²) in [7, 11) is 0. The predicted octanol–water partition coefficient (Wildman–Crippen LogP) is 1.94. The van der Waals surface area contributed by atoms with Gasteiger partial charge in [0, 0.05) is 10.8 Å². The molecule has 2 nitrogen and oxygen atoms in total. The molecule has 1 atom stereocenters. The van der Waals surface area contributed by atoms with Crippen LogP contribution < -0.4 is 0 Å². The molecule has 1 saturated heterocycles. The highest BCUT2D eigenvalue weighted by molar-refractivity contribution is 7.81. The minimum absolute atomic E-state index is 0.129. The van der Waals surface area contributed by atoms with E-state index < -0.39 is 0 Å². The van der Waals surface area contributed by atoms with Gasteiger partial charge in [-0.25, -0.2) is 0 Å². The van der Waals surface area contributed by atoms with Crippen LogP contribution in [0.5, 0.6) is 0 Å². The summed E-state index contributed by atoms with van der Waals surface area (Å²) in [6.07, 6.45) is 0.930. The zero-order chi connectivity index (χ0) is 8.86. The highest BCUT2D eigenvalue weighted by Crippen LogP contribution is 2.41. The Hall–Kier alpha value is 0.270. The highest BCUT2D eigenvalue weighted by atomic mass is 32.1. The van der Waals surface area contributed by atoms with E-state index in [1.165, 1.54) is 5.06 Å². The molecule has 0 spiro atoms. The fraction of sp³-hybridized carbons (Fsp3) is 1.00. The van der Waals surface area contributed by atoms with Crippen molar-refractivity contribution in [3.8, 4) is 0 Å². The van der Waals surface area contributed by atoms with Crippen LogP contribution in [0, 0.1) is 0 Å². The zero-order valence-corrected chi connectivity index (χ0v) is 8.52. The molecule has 0 aliphatic carbocycles. The molecule has 1 heterocycles. The van der Waals surface area contributed by atoms with Crippen LogP contribution in [0.15, 0.2) is 0 Å². The summed E-state index contributed by atoms with van der Waals surface area (Å²) in [5, 5.41) is 11.4. The second-order valence-corrected chi connectivity index (χ2v) is 5.12. The predicted molar refractivity (Wildman–Crippen MR) is 49.2 cm³/mol. The Labute approximate surface area is 74.0 Å². The number of thiol groups is 1. The van der Waals surface area contributed by atoms with Crippen LogP contribution in [-0.2, 0) is 0 Å². The molecular formula is C8H17NOS. The van der Waals surface area contributed by atoms with Crippen LogP contribution >= 0.6 is 12.6 Å². The summed E-state index contributed by atoms with van der Waals surface area (Å²) >= 11 is 4.44. The van der Waals surface area contributed by atoms with Crippen LogP contribution in [0.1, 0.15) is 34.1 Å². The van der Waals surface area contributed by atoms with Crippen molar-refractivity contribution >= 4 is 12.6 Å². The summed E-state index contributed by atoms with van der Waals surface area (Å²) < 4.78 is 0. The summed E-state index contributed by atoms with van der Waals surface area (Å²) in [5.74, 6) is 0. The van der Waals surface area contributed by atoms with Gasteiger partial charge in [-0.15, -0.1) is 0 Å². The van der Waals surface area contributed by atoms with E-state index in [1.54, 1.807) is 0 Å². The van der Waals surface area contributed by atoms with Crippen molar-refractivity contribution in [2.24, 2.45) is 0 Å². The van der Waals surface area contributed by atoms with Crippen LogP contribution in [0.4, 0.5) is 0 Å². The van der Waals surface area contributed by atoms with Crippen molar-refractivity contribution in [1.82, 2.24) is 5.06 Å². The standard InChI is InChI=1S/C8H17NOS/c1-7(2)5-6(11)8(3,4)9(7)10/h6,10-11H,5H2,1-4H3. The lowest BCUT2D eigenvalue weighted by atomic mass is 10.0. The van der Waals surface area contributed by atoms with Gasteiger partial charge in [0.1, 0.15) is 0 Å². The molecule has 1 fully saturated rings. The molecule has 3 heteroatoms. The molecule has 1 aliphatic heterocycles. The smallest absolute Gasteiger partial charge is 0.0526 e. The Kier molecular flexibility index (Phi) is 2.02. The monoisotopic (exact) mass is 175 g/mol. The lowest BCUT2D eigenvalue weighted by molar-refractivity contribution is -0.191. The third-order valence-corrected chi connectivity index (χ3v) is 3.44. The molecule has 11 heavy (non-hydrogen) atoms. The van der Waals surface area contributed by atoms with E-state index in [0.29, 0.717) is 0 Å². The number of hydrogen-bond donors (Lipinski definition) is 2. The van der Waals surface area contributed by atoms with Gasteiger partial charge in [0.05, 0.1) is 5.54 Å². The molecule has 1 N–H and O–H groups in total. The molecule has 1 unspecified atom stereocenters. The largest absolute Gasteiger partial charge is 0.313 e. The lowest BCUT2D eigenvalue weighted by Crippen LogP contribution is -2.47. The first kappa shape index (κ1) is 9.36. The van der Waals surface area contributed by atoms with Gasteiger partial charge in [0.2, 0.25) is 0 Å². The number of nitrogens with zero attached hydrogens (tertiary/aromatic N) is 1. The second-order valence-electron chi connectivity index (χ2n) is 4.50. The number of hydroxylamine groups is 2. The summed E-state index contributed by atoms with van der Waals surface area (Å²) in [6.45, 7) is 8.09. The first-order valence-electron chi connectivity index (χ1n) is 3.96.